The lowest BCUT2D eigenvalue weighted by molar-refractivity contribution is 0.247. The third-order valence-electron chi connectivity index (χ3n) is 2.17. The van der Waals surface area contributed by atoms with Gasteiger partial charge in [-0.25, -0.2) is 0 Å². The summed E-state index contributed by atoms with van der Waals surface area (Å²) < 4.78 is 1.70. The average molecular weight is 199 g/mol. The molecule has 0 radical (unpaired) electrons. The van der Waals surface area contributed by atoms with Gasteiger partial charge in [-0.05, 0) is 13.0 Å². The summed E-state index contributed by atoms with van der Waals surface area (Å²) in [5, 5.41) is 22.1. The zero-order valence-corrected chi connectivity index (χ0v) is 8.35. The Labute approximate surface area is 83.2 Å². The van der Waals surface area contributed by atoms with E-state index < -0.39 is 0 Å². The van der Waals surface area contributed by atoms with E-state index >= 15 is 0 Å². The highest BCUT2D eigenvalue weighted by Gasteiger charge is 2.14. The summed E-state index contributed by atoms with van der Waals surface area (Å²) in [4.78, 5) is 0. The molecule has 1 aromatic heterocycles. The van der Waals surface area contributed by atoms with Crippen molar-refractivity contribution in [3.8, 4) is 0 Å². The van der Waals surface area contributed by atoms with Gasteiger partial charge in [0, 0.05) is 18.2 Å². The average Bonchev–Trinajstić information content (AvgIpc) is 2.50. The number of rotatable bonds is 5. The second-order valence-electron chi connectivity index (χ2n) is 3.27. The molecular weight excluding hydrogens is 182 g/mol. The molecule has 1 heterocycles. The van der Waals surface area contributed by atoms with Crippen LogP contribution in [0, 0.1) is 6.92 Å². The van der Waals surface area contributed by atoms with Crippen molar-refractivity contribution in [3.05, 3.63) is 17.5 Å². The molecule has 0 saturated carbocycles. The molecule has 0 amide bonds. The molecule has 0 bridgehead atoms. The van der Waals surface area contributed by atoms with E-state index in [9.17, 15) is 0 Å². The Balaban J connectivity index is 2.92. The van der Waals surface area contributed by atoms with Gasteiger partial charge in [-0.3, -0.25) is 4.68 Å². The smallest absolute Gasteiger partial charge is 0.0644 e. The molecule has 1 atom stereocenters. The summed E-state index contributed by atoms with van der Waals surface area (Å²) in [6.07, 6.45) is 0. The number of aromatic nitrogens is 2. The highest BCUT2D eigenvalue weighted by atomic mass is 16.3. The second-order valence-corrected chi connectivity index (χ2v) is 3.27. The maximum atomic E-state index is 9.10. The van der Waals surface area contributed by atoms with Crippen molar-refractivity contribution in [1.29, 1.82) is 0 Å². The fraction of sp³-hybridized carbons (Fsp3) is 0.667. The van der Waals surface area contributed by atoms with Crippen LogP contribution in [-0.4, -0.2) is 39.8 Å². The highest BCUT2D eigenvalue weighted by Crippen LogP contribution is 2.15. The highest BCUT2D eigenvalue weighted by molar-refractivity contribution is 5.14. The van der Waals surface area contributed by atoms with Crippen LogP contribution in [0.3, 0.4) is 0 Å². The Morgan fingerprint density at radius 2 is 2.29 bits per heavy atom. The van der Waals surface area contributed by atoms with Crippen LogP contribution in [-0.2, 0) is 6.54 Å². The Bertz CT molecular complexity index is 282. The molecule has 0 spiro atoms. The van der Waals surface area contributed by atoms with Crippen molar-refractivity contribution < 1.29 is 10.2 Å². The molecule has 5 heteroatoms. The summed E-state index contributed by atoms with van der Waals surface area (Å²) in [6, 6.07) is 1.89. The van der Waals surface area contributed by atoms with E-state index in [1.807, 2.05) is 13.0 Å². The largest absolute Gasteiger partial charge is 0.396 e. The fourth-order valence-corrected chi connectivity index (χ4v) is 1.46. The van der Waals surface area contributed by atoms with Gasteiger partial charge in [0.05, 0.1) is 25.5 Å². The van der Waals surface area contributed by atoms with Gasteiger partial charge in [-0.15, -0.1) is 0 Å². The van der Waals surface area contributed by atoms with Gasteiger partial charge in [-0.1, -0.05) is 0 Å². The second kappa shape index (κ2) is 5.09. The van der Waals surface area contributed by atoms with E-state index in [1.165, 1.54) is 0 Å². The van der Waals surface area contributed by atoms with Crippen LogP contribution in [0.2, 0.25) is 0 Å². The monoisotopic (exact) mass is 199 g/mol. The van der Waals surface area contributed by atoms with Crippen LogP contribution in [0.25, 0.3) is 0 Å². The standard InChI is InChI=1S/C9H17N3O2/c1-7-4-9(8(5-10)6-14)12(11-7)2-3-13/h4,8,13-14H,2-3,5-6,10H2,1H3. The predicted molar refractivity (Wildman–Crippen MR) is 52.9 cm³/mol. The number of nitrogens with two attached hydrogens (primary N) is 1. The van der Waals surface area contributed by atoms with Gasteiger partial charge in [0.1, 0.15) is 0 Å². The zero-order valence-electron chi connectivity index (χ0n) is 8.35. The molecule has 5 nitrogen and oxygen atoms in total. The van der Waals surface area contributed by atoms with Crippen LogP contribution in [0.15, 0.2) is 6.07 Å². The number of hydrogen-bond donors (Lipinski definition) is 3. The van der Waals surface area contributed by atoms with E-state index in [-0.39, 0.29) is 19.1 Å². The quantitative estimate of drug-likeness (QED) is 0.580. The topological polar surface area (TPSA) is 84.3 Å². The normalized spacial score (nSPS) is 13.1. The summed E-state index contributed by atoms with van der Waals surface area (Å²) in [5.41, 5.74) is 7.29. The lowest BCUT2D eigenvalue weighted by Gasteiger charge is -2.13. The molecule has 1 rings (SSSR count). The minimum Gasteiger partial charge on any atom is -0.396 e. The number of aliphatic hydroxyl groups is 2. The van der Waals surface area contributed by atoms with E-state index in [0.29, 0.717) is 13.1 Å². The molecule has 0 aliphatic rings. The number of aryl methyl sites for hydroxylation is 1. The molecule has 14 heavy (non-hydrogen) atoms. The van der Waals surface area contributed by atoms with Gasteiger partial charge in [0.25, 0.3) is 0 Å². The Morgan fingerprint density at radius 1 is 1.57 bits per heavy atom. The summed E-state index contributed by atoms with van der Waals surface area (Å²) >= 11 is 0. The summed E-state index contributed by atoms with van der Waals surface area (Å²) in [7, 11) is 0. The Hall–Kier alpha value is -0.910. The molecule has 0 aliphatic heterocycles. The van der Waals surface area contributed by atoms with Crippen molar-refractivity contribution in [1.82, 2.24) is 9.78 Å². The van der Waals surface area contributed by atoms with E-state index in [2.05, 4.69) is 5.10 Å². The van der Waals surface area contributed by atoms with Crippen LogP contribution >= 0.6 is 0 Å². The molecule has 80 valence electrons. The van der Waals surface area contributed by atoms with Crippen molar-refractivity contribution in [2.45, 2.75) is 19.4 Å². The number of hydrogen-bond acceptors (Lipinski definition) is 4. The molecule has 0 aliphatic carbocycles. The lowest BCUT2D eigenvalue weighted by Crippen LogP contribution is -2.20. The zero-order chi connectivity index (χ0) is 10.6. The Kier molecular flexibility index (Phi) is 4.06. The van der Waals surface area contributed by atoms with Gasteiger partial charge in [0.15, 0.2) is 0 Å². The molecular formula is C9H17N3O2. The van der Waals surface area contributed by atoms with Gasteiger partial charge in [0.2, 0.25) is 0 Å². The maximum Gasteiger partial charge on any atom is 0.0644 e. The van der Waals surface area contributed by atoms with Crippen molar-refractivity contribution in [3.63, 3.8) is 0 Å². The van der Waals surface area contributed by atoms with E-state index in [1.54, 1.807) is 4.68 Å². The van der Waals surface area contributed by atoms with Crippen molar-refractivity contribution >= 4 is 0 Å². The SMILES string of the molecule is Cc1cc(C(CN)CO)n(CCO)n1. The fourth-order valence-electron chi connectivity index (χ4n) is 1.46. The predicted octanol–water partition coefficient (Wildman–Crippen LogP) is -0.782. The van der Waals surface area contributed by atoms with Crippen LogP contribution in [0.1, 0.15) is 17.3 Å². The number of aliphatic hydroxyl groups excluding tert-OH is 2. The van der Waals surface area contributed by atoms with Crippen molar-refractivity contribution in [2.24, 2.45) is 5.73 Å². The maximum absolute atomic E-state index is 9.10. The summed E-state index contributed by atoms with van der Waals surface area (Å²) in [6.45, 7) is 2.75. The van der Waals surface area contributed by atoms with Crippen LogP contribution < -0.4 is 5.73 Å². The molecule has 1 unspecified atom stereocenters. The molecule has 0 fully saturated rings. The molecule has 4 N–H and O–H groups in total. The molecule has 1 aromatic rings. The minimum atomic E-state index is -0.0947. The van der Waals surface area contributed by atoms with Gasteiger partial charge >= 0.3 is 0 Å². The van der Waals surface area contributed by atoms with Gasteiger partial charge in [-0.2, -0.15) is 5.10 Å². The minimum absolute atomic E-state index is 0.00701. The third kappa shape index (κ3) is 2.31. The first kappa shape index (κ1) is 11.2. The first-order chi connectivity index (χ1) is 6.72. The third-order valence-corrected chi connectivity index (χ3v) is 2.17. The summed E-state index contributed by atoms with van der Waals surface area (Å²) in [5.74, 6) is -0.0947. The van der Waals surface area contributed by atoms with Crippen molar-refractivity contribution in [2.75, 3.05) is 19.8 Å². The van der Waals surface area contributed by atoms with Crippen LogP contribution in [0.5, 0.6) is 0 Å². The lowest BCUT2D eigenvalue weighted by atomic mass is 10.1. The van der Waals surface area contributed by atoms with Crippen LogP contribution in [0.4, 0.5) is 0 Å². The molecule has 0 aromatic carbocycles. The number of nitrogens with zero attached hydrogens (tertiary/aromatic N) is 2. The molecule has 0 saturated heterocycles. The van der Waals surface area contributed by atoms with E-state index in [4.69, 9.17) is 15.9 Å². The van der Waals surface area contributed by atoms with E-state index in [0.717, 1.165) is 11.4 Å². The Morgan fingerprint density at radius 3 is 2.79 bits per heavy atom. The first-order valence-electron chi connectivity index (χ1n) is 4.69. The van der Waals surface area contributed by atoms with Gasteiger partial charge < -0.3 is 15.9 Å². The first-order valence-corrected chi connectivity index (χ1v) is 4.69.